The van der Waals surface area contributed by atoms with Crippen molar-refractivity contribution in [2.75, 3.05) is 4.90 Å². The Morgan fingerprint density at radius 1 is 0.382 bits per heavy atom. The Kier molecular flexibility index (Phi) is 7.17. The summed E-state index contributed by atoms with van der Waals surface area (Å²) in [6.07, 6.45) is 0. The highest BCUT2D eigenvalue weighted by Gasteiger charge is 2.21. The number of benzene rings is 9. The van der Waals surface area contributed by atoms with Crippen molar-refractivity contribution in [1.29, 1.82) is 0 Å². The van der Waals surface area contributed by atoms with Gasteiger partial charge in [0.2, 0.25) is 0 Å². The number of fused-ring (bicyclic) bond motifs is 7. The highest BCUT2D eigenvalue weighted by Crippen LogP contribution is 2.45. The summed E-state index contributed by atoms with van der Waals surface area (Å²) in [5.41, 5.74) is 13.2. The Balaban J connectivity index is 1.12. The van der Waals surface area contributed by atoms with Gasteiger partial charge in [-0.2, -0.15) is 0 Å². The Labute approximate surface area is 318 Å². The number of anilines is 3. The van der Waals surface area contributed by atoms with Crippen molar-refractivity contribution in [3.8, 4) is 27.9 Å². The second-order valence-electron chi connectivity index (χ2n) is 14.1. The van der Waals surface area contributed by atoms with E-state index in [1.165, 1.54) is 43.7 Å². The minimum absolute atomic E-state index is 0.898. The Morgan fingerprint density at radius 2 is 0.964 bits per heavy atom. The average molecular weight is 703 g/mol. The van der Waals surface area contributed by atoms with Gasteiger partial charge in [0.15, 0.2) is 0 Å². The zero-order valence-electron chi connectivity index (χ0n) is 29.9. The number of furan rings is 1. The molecule has 0 atom stereocenters. The Hall–Kier alpha value is -7.36. The molecule has 11 aromatic rings. The maximum atomic E-state index is 6.26. The van der Waals surface area contributed by atoms with Crippen LogP contribution in [0.1, 0.15) is 0 Å². The fraction of sp³-hybridized carbons (Fsp3) is 0. The van der Waals surface area contributed by atoms with Gasteiger partial charge in [0, 0.05) is 44.2 Å². The van der Waals surface area contributed by atoms with Crippen molar-refractivity contribution in [2.24, 2.45) is 0 Å². The van der Waals surface area contributed by atoms with Crippen molar-refractivity contribution in [3.63, 3.8) is 0 Å². The molecule has 0 radical (unpaired) electrons. The van der Waals surface area contributed by atoms with Crippen LogP contribution < -0.4 is 4.90 Å². The third-order valence-electron chi connectivity index (χ3n) is 11.0. The second kappa shape index (κ2) is 12.6. The van der Waals surface area contributed by atoms with Gasteiger partial charge >= 0.3 is 0 Å². The van der Waals surface area contributed by atoms with Gasteiger partial charge in [-0.05, 0) is 88.1 Å². The monoisotopic (exact) mass is 702 g/mol. The lowest BCUT2D eigenvalue weighted by Gasteiger charge is -2.29. The van der Waals surface area contributed by atoms with Crippen LogP contribution in [0, 0.1) is 0 Å². The number of hydrogen-bond donors (Lipinski definition) is 0. The maximum Gasteiger partial charge on any atom is 0.136 e. The summed E-state index contributed by atoms with van der Waals surface area (Å²) in [6, 6.07) is 74.0. The fourth-order valence-electron chi connectivity index (χ4n) is 8.56. The van der Waals surface area contributed by atoms with E-state index in [1.807, 2.05) is 12.1 Å². The molecule has 0 amide bonds. The minimum atomic E-state index is 0.898. The molecule has 2 aromatic heterocycles. The summed E-state index contributed by atoms with van der Waals surface area (Å²) in [6.45, 7) is 0. The van der Waals surface area contributed by atoms with Gasteiger partial charge in [-0.1, -0.05) is 146 Å². The molecule has 0 saturated carbocycles. The van der Waals surface area contributed by atoms with Crippen LogP contribution in [0.25, 0.3) is 82.5 Å². The summed E-state index contributed by atoms with van der Waals surface area (Å²) in [5, 5.41) is 7.22. The molecule has 9 aromatic carbocycles. The Bertz CT molecular complexity index is 3160. The summed E-state index contributed by atoms with van der Waals surface area (Å²) in [4.78, 5) is 2.41. The van der Waals surface area contributed by atoms with Crippen LogP contribution in [0.2, 0.25) is 0 Å². The number of rotatable bonds is 6. The van der Waals surface area contributed by atoms with E-state index in [-0.39, 0.29) is 0 Å². The van der Waals surface area contributed by atoms with Crippen molar-refractivity contribution in [1.82, 2.24) is 4.57 Å². The molecule has 258 valence electrons. The topological polar surface area (TPSA) is 21.3 Å². The quantitative estimate of drug-likeness (QED) is 0.172. The van der Waals surface area contributed by atoms with E-state index < -0.39 is 0 Å². The van der Waals surface area contributed by atoms with Gasteiger partial charge in [-0.15, -0.1) is 0 Å². The van der Waals surface area contributed by atoms with Crippen molar-refractivity contribution in [3.05, 3.63) is 206 Å². The van der Waals surface area contributed by atoms with Crippen molar-refractivity contribution < 1.29 is 4.42 Å². The van der Waals surface area contributed by atoms with Gasteiger partial charge in [0.25, 0.3) is 0 Å². The average Bonchev–Trinajstić information content (AvgIpc) is 3.80. The highest BCUT2D eigenvalue weighted by molar-refractivity contribution is 6.13. The van der Waals surface area contributed by atoms with E-state index in [2.05, 4.69) is 204 Å². The molecule has 0 aliphatic heterocycles. The van der Waals surface area contributed by atoms with Crippen LogP contribution >= 0.6 is 0 Å². The third kappa shape index (κ3) is 5.05. The van der Waals surface area contributed by atoms with Gasteiger partial charge < -0.3 is 13.9 Å². The Morgan fingerprint density at radius 3 is 1.78 bits per heavy atom. The van der Waals surface area contributed by atoms with Crippen molar-refractivity contribution >= 4 is 71.6 Å². The van der Waals surface area contributed by atoms with Gasteiger partial charge in [0.1, 0.15) is 11.2 Å². The third-order valence-corrected chi connectivity index (χ3v) is 11.0. The van der Waals surface area contributed by atoms with E-state index in [0.29, 0.717) is 0 Å². The highest BCUT2D eigenvalue weighted by atomic mass is 16.3. The van der Waals surface area contributed by atoms with Crippen LogP contribution in [0.3, 0.4) is 0 Å². The molecular weight excluding hydrogens is 669 g/mol. The van der Waals surface area contributed by atoms with Crippen LogP contribution in [0.5, 0.6) is 0 Å². The molecule has 0 aliphatic carbocycles. The zero-order valence-corrected chi connectivity index (χ0v) is 29.9. The molecule has 2 heterocycles. The SMILES string of the molecule is c1cc(N(c2ccc(-c3cccc4oc5ccccc5c34)cc2)c2ccccc2-c2cccc3ccccc23)cc(-n2c3ccccc3c3ccccc32)c1. The summed E-state index contributed by atoms with van der Waals surface area (Å²) in [7, 11) is 0. The predicted octanol–water partition coefficient (Wildman–Crippen LogP) is 14.6. The largest absolute Gasteiger partial charge is 0.456 e. The van der Waals surface area contributed by atoms with Crippen LogP contribution in [0.4, 0.5) is 17.1 Å². The first-order valence-corrected chi connectivity index (χ1v) is 18.8. The van der Waals surface area contributed by atoms with Gasteiger partial charge in [0.05, 0.1) is 16.7 Å². The molecule has 0 bridgehead atoms. The summed E-state index contributed by atoms with van der Waals surface area (Å²) < 4.78 is 8.65. The molecular formula is C52H34N2O. The molecule has 0 N–H and O–H groups in total. The van der Waals surface area contributed by atoms with Crippen molar-refractivity contribution in [2.45, 2.75) is 0 Å². The molecule has 0 saturated heterocycles. The predicted molar refractivity (Wildman–Crippen MR) is 231 cm³/mol. The smallest absolute Gasteiger partial charge is 0.136 e. The van der Waals surface area contributed by atoms with Crippen LogP contribution in [-0.2, 0) is 0 Å². The van der Waals surface area contributed by atoms with E-state index in [0.717, 1.165) is 55.8 Å². The molecule has 0 unspecified atom stereocenters. The van der Waals surface area contributed by atoms with Crippen LogP contribution in [0.15, 0.2) is 211 Å². The lowest BCUT2D eigenvalue weighted by atomic mass is 9.95. The number of hydrogen-bond acceptors (Lipinski definition) is 2. The van der Waals surface area contributed by atoms with Gasteiger partial charge in [-0.25, -0.2) is 0 Å². The maximum absolute atomic E-state index is 6.26. The molecule has 0 spiro atoms. The first kappa shape index (κ1) is 31.2. The van der Waals surface area contributed by atoms with E-state index in [4.69, 9.17) is 4.42 Å². The number of para-hydroxylation sites is 4. The van der Waals surface area contributed by atoms with E-state index in [1.54, 1.807) is 0 Å². The lowest BCUT2D eigenvalue weighted by molar-refractivity contribution is 0.669. The zero-order chi connectivity index (χ0) is 36.3. The van der Waals surface area contributed by atoms with E-state index >= 15 is 0 Å². The lowest BCUT2D eigenvalue weighted by Crippen LogP contribution is -2.12. The fourth-order valence-corrected chi connectivity index (χ4v) is 8.56. The van der Waals surface area contributed by atoms with E-state index in [9.17, 15) is 0 Å². The van der Waals surface area contributed by atoms with Crippen LogP contribution in [-0.4, -0.2) is 4.57 Å². The second-order valence-corrected chi connectivity index (χ2v) is 14.1. The molecule has 11 rings (SSSR count). The molecule has 3 nitrogen and oxygen atoms in total. The standard InChI is InChI=1S/C52H34N2O/c1-2-18-40-35(14-1)15-11-24-42(40)43-19-3-7-25-47(43)53(37-32-30-36(31-33-37)41-23-13-29-51-52(41)46-22-6-10-28-50(46)55-51)38-16-12-17-39(34-38)54-48-26-8-4-20-44(48)45-21-5-9-27-49(45)54/h1-34H. The first-order valence-electron chi connectivity index (χ1n) is 18.8. The normalized spacial score (nSPS) is 11.6. The molecule has 55 heavy (non-hydrogen) atoms. The minimum Gasteiger partial charge on any atom is -0.456 e. The molecule has 0 aliphatic rings. The van der Waals surface area contributed by atoms with Gasteiger partial charge in [-0.3, -0.25) is 0 Å². The first-order chi connectivity index (χ1) is 27.3. The number of aromatic nitrogens is 1. The summed E-state index contributed by atoms with van der Waals surface area (Å²) >= 11 is 0. The molecule has 3 heteroatoms. The summed E-state index contributed by atoms with van der Waals surface area (Å²) in [5.74, 6) is 0. The number of nitrogens with zero attached hydrogens (tertiary/aromatic N) is 2. The molecule has 0 fully saturated rings.